The number of hydrogen-bond donors (Lipinski definition) is 1. The van der Waals surface area contributed by atoms with Crippen LogP contribution >= 0.6 is 11.3 Å². The third kappa shape index (κ3) is 3.65. The van der Waals surface area contributed by atoms with Gasteiger partial charge in [-0.2, -0.15) is 13.2 Å². The molecule has 0 fully saturated rings. The number of thiophene rings is 1. The Morgan fingerprint density at radius 2 is 1.76 bits per heavy atom. The molecule has 0 spiro atoms. The summed E-state index contributed by atoms with van der Waals surface area (Å²) >= 11 is 1.64. The van der Waals surface area contributed by atoms with Gasteiger partial charge in [0.15, 0.2) is 0 Å². The van der Waals surface area contributed by atoms with Gasteiger partial charge in [-0.3, -0.25) is 0 Å². The van der Waals surface area contributed by atoms with Crippen molar-refractivity contribution in [1.29, 1.82) is 0 Å². The summed E-state index contributed by atoms with van der Waals surface area (Å²) in [6.07, 6.45) is -3.79. The van der Waals surface area contributed by atoms with E-state index < -0.39 is 11.7 Å². The van der Waals surface area contributed by atoms with Crippen molar-refractivity contribution >= 4 is 27.1 Å². The van der Waals surface area contributed by atoms with Crippen molar-refractivity contribution in [3.63, 3.8) is 0 Å². The molecule has 0 aliphatic heterocycles. The number of fused-ring (bicyclic) bond motifs is 1. The van der Waals surface area contributed by atoms with Gasteiger partial charge in [-0.15, -0.1) is 11.3 Å². The highest BCUT2D eigenvalue weighted by atomic mass is 32.1. The molecule has 0 saturated carbocycles. The minimum absolute atomic E-state index is 0.157. The van der Waals surface area contributed by atoms with Crippen LogP contribution < -0.4 is 10.6 Å². The molecule has 3 rings (SSSR count). The van der Waals surface area contributed by atoms with Crippen LogP contribution in [-0.2, 0) is 12.6 Å². The Kier molecular flexibility index (Phi) is 5.01. The first-order chi connectivity index (χ1) is 11.9. The van der Waals surface area contributed by atoms with Crippen molar-refractivity contribution in [2.45, 2.75) is 18.6 Å². The molecule has 1 atom stereocenters. The molecule has 1 aromatic heterocycles. The molecule has 3 aromatic rings. The third-order valence-corrected chi connectivity index (χ3v) is 5.44. The molecule has 25 heavy (non-hydrogen) atoms. The lowest BCUT2D eigenvalue weighted by atomic mass is 10.0. The largest absolute Gasteiger partial charge is 0.418 e. The number of hydrogen-bond acceptors (Lipinski definition) is 3. The van der Waals surface area contributed by atoms with E-state index in [1.807, 2.05) is 24.3 Å². The Morgan fingerprint density at radius 3 is 2.48 bits per heavy atom. The summed E-state index contributed by atoms with van der Waals surface area (Å²) in [5.74, 6) is 0. The van der Waals surface area contributed by atoms with Gasteiger partial charge >= 0.3 is 6.18 Å². The fraction of sp³-hybridized carbons (Fsp3) is 0.263. The van der Waals surface area contributed by atoms with Gasteiger partial charge in [0, 0.05) is 30.0 Å². The topological polar surface area (TPSA) is 29.3 Å². The van der Waals surface area contributed by atoms with E-state index in [0.29, 0.717) is 6.42 Å². The molecule has 1 unspecified atom stereocenters. The van der Waals surface area contributed by atoms with Gasteiger partial charge in [-0.1, -0.05) is 30.3 Å². The van der Waals surface area contributed by atoms with Gasteiger partial charge in [0.2, 0.25) is 0 Å². The monoisotopic (exact) mass is 364 g/mol. The standard InChI is InChI=1S/C19H19F3N2S/c1-24(17-8-4-3-7-16(17)19(20,21)22)14(11-23)10-13-12-25-18-9-5-2-6-15(13)18/h2-9,12,14H,10-11,23H2,1H3. The van der Waals surface area contributed by atoms with E-state index in [0.717, 1.165) is 17.0 Å². The van der Waals surface area contributed by atoms with Crippen LogP contribution in [0.15, 0.2) is 53.9 Å². The average molecular weight is 364 g/mol. The highest BCUT2D eigenvalue weighted by molar-refractivity contribution is 7.17. The summed E-state index contributed by atoms with van der Waals surface area (Å²) in [5.41, 5.74) is 6.55. The van der Waals surface area contributed by atoms with Crippen LogP contribution in [0.1, 0.15) is 11.1 Å². The van der Waals surface area contributed by atoms with Crippen LogP contribution in [-0.4, -0.2) is 19.6 Å². The van der Waals surface area contributed by atoms with Gasteiger partial charge in [0.1, 0.15) is 0 Å². The Labute approximate surface area is 148 Å². The Hall–Kier alpha value is -2.05. The number of nitrogens with zero attached hydrogens (tertiary/aromatic N) is 1. The molecule has 2 N–H and O–H groups in total. The molecule has 0 radical (unpaired) electrons. The highest BCUT2D eigenvalue weighted by Gasteiger charge is 2.35. The Bertz CT molecular complexity index is 857. The lowest BCUT2D eigenvalue weighted by Gasteiger charge is -2.31. The Morgan fingerprint density at radius 1 is 1.08 bits per heavy atom. The van der Waals surface area contributed by atoms with Crippen molar-refractivity contribution in [1.82, 2.24) is 0 Å². The molecule has 132 valence electrons. The first kappa shape index (κ1) is 17.8. The van der Waals surface area contributed by atoms with E-state index >= 15 is 0 Å². The van der Waals surface area contributed by atoms with Crippen molar-refractivity contribution in [3.8, 4) is 0 Å². The smallest absolute Gasteiger partial charge is 0.370 e. The lowest BCUT2D eigenvalue weighted by Crippen LogP contribution is -2.40. The van der Waals surface area contributed by atoms with Gasteiger partial charge in [-0.05, 0) is 40.9 Å². The summed E-state index contributed by atoms with van der Waals surface area (Å²) < 4.78 is 41.1. The second kappa shape index (κ2) is 7.06. The van der Waals surface area contributed by atoms with Crippen molar-refractivity contribution in [2.24, 2.45) is 5.73 Å². The van der Waals surface area contributed by atoms with E-state index in [1.165, 1.54) is 16.8 Å². The lowest BCUT2D eigenvalue weighted by molar-refractivity contribution is -0.137. The average Bonchev–Trinajstić information content (AvgIpc) is 3.01. The number of nitrogens with two attached hydrogens (primary N) is 1. The normalized spacial score (nSPS) is 13.2. The molecule has 0 bridgehead atoms. The zero-order valence-corrected chi connectivity index (χ0v) is 14.6. The zero-order chi connectivity index (χ0) is 18.0. The van der Waals surface area contributed by atoms with Crippen molar-refractivity contribution in [3.05, 3.63) is 65.0 Å². The van der Waals surface area contributed by atoms with E-state index in [2.05, 4.69) is 5.38 Å². The maximum Gasteiger partial charge on any atom is 0.418 e. The fourth-order valence-electron chi connectivity index (χ4n) is 3.04. The van der Waals surface area contributed by atoms with Gasteiger partial charge in [0.25, 0.3) is 0 Å². The second-order valence-corrected chi connectivity index (χ2v) is 6.89. The molecule has 0 saturated heterocycles. The first-order valence-electron chi connectivity index (χ1n) is 7.96. The van der Waals surface area contributed by atoms with E-state index in [4.69, 9.17) is 5.73 Å². The number of alkyl halides is 3. The van der Waals surface area contributed by atoms with Gasteiger partial charge in [0.05, 0.1) is 5.56 Å². The molecular formula is C19H19F3N2S. The minimum Gasteiger partial charge on any atom is -0.370 e. The van der Waals surface area contributed by atoms with Crippen molar-refractivity contribution in [2.75, 3.05) is 18.5 Å². The number of anilines is 1. The van der Waals surface area contributed by atoms with Gasteiger partial charge < -0.3 is 10.6 Å². The molecule has 0 aliphatic carbocycles. The van der Waals surface area contributed by atoms with E-state index in [-0.39, 0.29) is 18.3 Å². The molecule has 2 aromatic carbocycles. The molecule has 2 nitrogen and oxygen atoms in total. The van der Waals surface area contributed by atoms with E-state index in [9.17, 15) is 13.2 Å². The molecule has 6 heteroatoms. The first-order valence-corrected chi connectivity index (χ1v) is 8.84. The molecule has 0 aliphatic rings. The summed E-state index contributed by atoms with van der Waals surface area (Å²) in [7, 11) is 1.68. The van der Waals surface area contributed by atoms with Crippen LogP contribution in [0.3, 0.4) is 0 Å². The third-order valence-electron chi connectivity index (χ3n) is 4.43. The number of likely N-dealkylation sites (N-methyl/N-ethyl adjacent to an activating group) is 1. The number of para-hydroxylation sites is 1. The van der Waals surface area contributed by atoms with Gasteiger partial charge in [-0.25, -0.2) is 0 Å². The molecular weight excluding hydrogens is 345 g/mol. The maximum atomic E-state index is 13.3. The van der Waals surface area contributed by atoms with Crippen molar-refractivity contribution < 1.29 is 13.2 Å². The molecule has 1 heterocycles. The van der Waals surface area contributed by atoms with Crippen LogP contribution in [0.25, 0.3) is 10.1 Å². The summed E-state index contributed by atoms with van der Waals surface area (Å²) in [6.45, 7) is 0.271. The second-order valence-electron chi connectivity index (χ2n) is 5.98. The SMILES string of the molecule is CN(c1ccccc1C(F)(F)F)C(CN)Cc1csc2ccccc12. The summed E-state index contributed by atoms with van der Waals surface area (Å²) in [4.78, 5) is 1.65. The summed E-state index contributed by atoms with van der Waals surface area (Å²) in [6, 6.07) is 13.5. The Balaban J connectivity index is 1.91. The quantitative estimate of drug-likeness (QED) is 0.696. The zero-order valence-electron chi connectivity index (χ0n) is 13.8. The van der Waals surface area contributed by atoms with E-state index in [1.54, 1.807) is 29.4 Å². The minimum atomic E-state index is -4.39. The van der Waals surface area contributed by atoms with Crippen LogP contribution in [0.4, 0.5) is 18.9 Å². The predicted molar refractivity (Wildman–Crippen MR) is 98.2 cm³/mol. The van der Waals surface area contributed by atoms with Crippen LogP contribution in [0.5, 0.6) is 0 Å². The maximum absolute atomic E-state index is 13.3. The number of halogens is 3. The number of benzene rings is 2. The number of rotatable bonds is 5. The fourth-order valence-corrected chi connectivity index (χ4v) is 4.02. The highest BCUT2D eigenvalue weighted by Crippen LogP contribution is 2.37. The predicted octanol–water partition coefficient (Wildman–Crippen LogP) is 4.93. The summed E-state index contributed by atoms with van der Waals surface area (Å²) in [5, 5.41) is 3.21. The molecule has 0 amide bonds. The van der Waals surface area contributed by atoms with Crippen LogP contribution in [0.2, 0.25) is 0 Å². The van der Waals surface area contributed by atoms with Crippen LogP contribution in [0, 0.1) is 0 Å².